The van der Waals surface area contributed by atoms with E-state index in [-0.39, 0.29) is 11.7 Å². The van der Waals surface area contributed by atoms with Crippen molar-refractivity contribution in [2.45, 2.75) is 32.9 Å². The number of rotatable bonds is 4. The summed E-state index contributed by atoms with van der Waals surface area (Å²) in [6.45, 7) is 6.39. The van der Waals surface area contributed by atoms with Crippen LogP contribution in [0.2, 0.25) is 5.02 Å². The van der Waals surface area contributed by atoms with Crippen LogP contribution < -0.4 is 4.74 Å². The first-order chi connectivity index (χ1) is 13.5. The highest BCUT2D eigenvalue weighted by Gasteiger charge is 2.21. The average Bonchev–Trinajstić information content (AvgIpc) is 3.02. The minimum absolute atomic E-state index is 0.135. The van der Waals surface area contributed by atoms with Crippen LogP contribution in [-0.2, 0) is 13.1 Å². The minimum Gasteiger partial charge on any atom is -0.504 e. The number of phenols is 1. The van der Waals surface area contributed by atoms with Gasteiger partial charge in [0.05, 0.1) is 6.54 Å². The zero-order valence-electron chi connectivity index (χ0n) is 15.9. The zero-order valence-corrected chi connectivity index (χ0v) is 16.6. The quantitative estimate of drug-likeness (QED) is 0.690. The van der Waals surface area contributed by atoms with Crippen molar-refractivity contribution < 1.29 is 14.4 Å². The summed E-state index contributed by atoms with van der Waals surface area (Å²) in [5.74, 6) is 2.16. The maximum atomic E-state index is 10.5. The predicted octanol–water partition coefficient (Wildman–Crippen LogP) is 4.61. The highest BCUT2D eigenvalue weighted by atomic mass is 35.5. The first-order valence-corrected chi connectivity index (χ1v) is 9.67. The van der Waals surface area contributed by atoms with Crippen molar-refractivity contribution in [2.24, 2.45) is 0 Å². The fraction of sp³-hybridized carbons (Fsp3) is 0.333. The molecule has 4 rings (SSSR count). The number of hydrogen-bond donors (Lipinski definition) is 1. The largest absolute Gasteiger partial charge is 0.504 e. The first kappa shape index (κ1) is 18.8. The van der Waals surface area contributed by atoms with Crippen LogP contribution in [0.4, 0.5) is 0 Å². The molecular weight excluding hydrogens is 378 g/mol. The number of aromatic nitrogens is 2. The summed E-state index contributed by atoms with van der Waals surface area (Å²) >= 11 is 6.12. The van der Waals surface area contributed by atoms with Crippen LogP contribution in [0, 0.1) is 0 Å². The molecule has 2 heterocycles. The van der Waals surface area contributed by atoms with Crippen molar-refractivity contribution in [1.29, 1.82) is 0 Å². The van der Waals surface area contributed by atoms with Gasteiger partial charge in [0.2, 0.25) is 5.89 Å². The summed E-state index contributed by atoms with van der Waals surface area (Å²) in [5.41, 5.74) is 2.76. The van der Waals surface area contributed by atoms with E-state index in [0.29, 0.717) is 48.7 Å². The van der Waals surface area contributed by atoms with E-state index in [4.69, 9.17) is 20.9 Å². The molecular formula is C21H22ClN3O3. The Kier molecular flexibility index (Phi) is 5.24. The van der Waals surface area contributed by atoms with E-state index in [1.54, 1.807) is 6.07 Å². The van der Waals surface area contributed by atoms with Gasteiger partial charge in [0.1, 0.15) is 6.61 Å². The van der Waals surface area contributed by atoms with Crippen molar-refractivity contribution in [1.82, 2.24) is 15.0 Å². The van der Waals surface area contributed by atoms with Crippen LogP contribution in [0.5, 0.6) is 11.5 Å². The molecule has 7 heteroatoms. The summed E-state index contributed by atoms with van der Waals surface area (Å²) in [6, 6.07) is 11.3. The lowest BCUT2D eigenvalue weighted by Gasteiger charge is -2.17. The molecule has 0 radical (unpaired) electrons. The third-order valence-electron chi connectivity index (χ3n) is 4.69. The Hall–Kier alpha value is -2.57. The smallest absolute Gasteiger partial charge is 0.229 e. The molecule has 6 nitrogen and oxygen atoms in total. The molecule has 1 aliphatic heterocycles. The van der Waals surface area contributed by atoms with Gasteiger partial charge in [0, 0.05) is 29.6 Å². The second kappa shape index (κ2) is 7.81. The normalized spacial score (nSPS) is 14.6. The molecule has 3 aromatic rings. The number of phenolic OH excluding ortho intramolecular Hbond substituents is 1. The van der Waals surface area contributed by atoms with Crippen LogP contribution in [0.25, 0.3) is 11.1 Å². The summed E-state index contributed by atoms with van der Waals surface area (Å²) < 4.78 is 11.1. The molecule has 0 aliphatic carbocycles. The molecule has 0 saturated heterocycles. The average molecular weight is 400 g/mol. The molecule has 0 unspecified atom stereocenters. The van der Waals surface area contributed by atoms with Gasteiger partial charge in [-0.05, 0) is 35.4 Å². The Morgan fingerprint density at radius 3 is 2.82 bits per heavy atom. The van der Waals surface area contributed by atoms with Crippen molar-refractivity contribution in [3.05, 3.63) is 58.7 Å². The van der Waals surface area contributed by atoms with Gasteiger partial charge in [-0.15, -0.1) is 0 Å². The van der Waals surface area contributed by atoms with Crippen molar-refractivity contribution in [2.75, 3.05) is 13.2 Å². The number of aromatic hydroxyl groups is 1. The number of hydrogen-bond acceptors (Lipinski definition) is 6. The van der Waals surface area contributed by atoms with E-state index < -0.39 is 0 Å². The number of fused-ring (bicyclic) bond motifs is 1. The molecule has 1 aliphatic rings. The van der Waals surface area contributed by atoms with Crippen LogP contribution in [0.3, 0.4) is 0 Å². The number of halogens is 1. The topological polar surface area (TPSA) is 71.6 Å². The second-order valence-electron chi connectivity index (χ2n) is 7.26. The minimum atomic E-state index is 0.135. The monoisotopic (exact) mass is 399 g/mol. The standard InChI is InChI=1S/C21H22ClN3O3/c1-13(2)21-23-19(24-28-21)12-25-6-7-27-20-16(11-25)8-15(10-18(20)26)14-4-3-5-17(22)9-14/h3-5,8-10,13,26H,6-7,11-12H2,1-2H3. The highest BCUT2D eigenvalue weighted by molar-refractivity contribution is 6.30. The second-order valence-corrected chi connectivity index (χ2v) is 7.69. The molecule has 0 amide bonds. The number of benzene rings is 2. The van der Waals surface area contributed by atoms with Crippen LogP contribution in [0.1, 0.15) is 37.0 Å². The Balaban J connectivity index is 1.60. The van der Waals surface area contributed by atoms with Gasteiger partial charge in [-0.2, -0.15) is 4.98 Å². The predicted molar refractivity (Wildman–Crippen MR) is 107 cm³/mol. The maximum Gasteiger partial charge on any atom is 0.229 e. The summed E-state index contributed by atoms with van der Waals surface area (Å²) in [6.07, 6.45) is 0. The zero-order chi connectivity index (χ0) is 19.7. The Morgan fingerprint density at radius 2 is 2.07 bits per heavy atom. The van der Waals surface area contributed by atoms with Gasteiger partial charge in [0.15, 0.2) is 17.3 Å². The van der Waals surface area contributed by atoms with Gasteiger partial charge in [0.25, 0.3) is 0 Å². The molecule has 146 valence electrons. The molecule has 1 N–H and O–H groups in total. The molecule has 0 bridgehead atoms. The number of ether oxygens (including phenoxy) is 1. The Labute approximate surface area is 168 Å². The molecule has 0 atom stereocenters. The van der Waals surface area contributed by atoms with E-state index in [0.717, 1.165) is 16.7 Å². The maximum absolute atomic E-state index is 10.5. The SMILES string of the molecule is CC(C)c1nc(CN2CCOc3c(O)cc(-c4cccc(Cl)c4)cc3C2)no1. The van der Waals surface area contributed by atoms with Crippen molar-refractivity contribution in [3.8, 4) is 22.6 Å². The summed E-state index contributed by atoms with van der Waals surface area (Å²) in [7, 11) is 0. The van der Waals surface area contributed by atoms with Crippen LogP contribution in [-0.4, -0.2) is 33.3 Å². The fourth-order valence-corrected chi connectivity index (χ4v) is 3.48. The van der Waals surface area contributed by atoms with Crippen LogP contribution in [0.15, 0.2) is 40.9 Å². The highest BCUT2D eigenvalue weighted by Crippen LogP contribution is 2.38. The third kappa shape index (κ3) is 3.98. The van der Waals surface area contributed by atoms with E-state index in [2.05, 4.69) is 15.0 Å². The van der Waals surface area contributed by atoms with Gasteiger partial charge in [-0.1, -0.05) is 42.7 Å². The van der Waals surface area contributed by atoms with Gasteiger partial charge < -0.3 is 14.4 Å². The summed E-state index contributed by atoms with van der Waals surface area (Å²) in [4.78, 5) is 6.64. The molecule has 1 aromatic heterocycles. The lowest BCUT2D eigenvalue weighted by atomic mass is 10.0. The van der Waals surface area contributed by atoms with E-state index in [9.17, 15) is 5.11 Å². The fourth-order valence-electron chi connectivity index (χ4n) is 3.29. The van der Waals surface area contributed by atoms with Crippen molar-refractivity contribution >= 4 is 11.6 Å². The lowest BCUT2D eigenvalue weighted by molar-refractivity contribution is 0.211. The molecule has 0 saturated carbocycles. The molecule has 0 fully saturated rings. The lowest BCUT2D eigenvalue weighted by Crippen LogP contribution is -2.25. The molecule has 0 spiro atoms. The third-order valence-corrected chi connectivity index (χ3v) is 4.93. The summed E-state index contributed by atoms with van der Waals surface area (Å²) in [5, 5.41) is 15.3. The van der Waals surface area contributed by atoms with E-state index >= 15 is 0 Å². The Morgan fingerprint density at radius 1 is 1.21 bits per heavy atom. The van der Waals surface area contributed by atoms with Gasteiger partial charge in [-0.25, -0.2) is 0 Å². The van der Waals surface area contributed by atoms with E-state index in [1.807, 2.05) is 44.2 Å². The Bertz CT molecular complexity index is 987. The number of nitrogens with zero attached hydrogens (tertiary/aromatic N) is 3. The van der Waals surface area contributed by atoms with Crippen molar-refractivity contribution in [3.63, 3.8) is 0 Å². The van der Waals surface area contributed by atoms with Gasteiger partial charge in [-0.3, -0.25) is 4.90 Å². The van der Waals surface area contributed by atoms with Gasteiger partial charge >= 0.3 is 0 Å². The van der Waals surface area contributed by atoms with E-state index in [1.165, 1.54) is 0 Å². The molecule has 2 aromatic carbocycles. The molecule has 28 heavy (non-hydrogen) atoms. The van der Waals surface area contributed by atoms with Crippen LogP contribution >= 0.6 is 11.6 Å². The first-order valence-electron chi connectivity index (χ1n) is 9.29.